The molecule has 1 aliphatic rings. The van der Waals surface area contributed by atoms with E-state index >= 15 is 0 Å². The van der Waals surface area contributed by atoms with Crippen molar-refractivity contribution in [2.24, 2.45) is 5.10 Å². The summed E-state index contributed by atoms with van der Waals surface area (Å²) >= 11 is 3.51. The average Bonchev–Trinajstić information content (AvgIpc) is 2.99. The molecule has 0 aromatic heterocycles. The van der Waals surface area contributed by atoms with Crippen molar-refractivity contribution >= 4 is 41.3 Å². The molecule has 1 aliphatic heterocycles. The van der Waals surface area contributed by atoms with Crippen LogP contribution in [0, 0.1) is 22.5 Å². The van der Waals surface area contributed by atoms with Crippen molar-refractivity contribution in [1.29, 1.82) is 0 Å². The van der Waals surface area contributed by atoms with Gasteiger partial charge in [0.05, 0.1) is 21.6 Å². The van der Waals surface area contributed by atoms with Crippen LogP contribution < -0.4 is 10.2 Å². The number of nitrogens with one attached hydrogen (secondary N) is 1. The largest absolute Gasteiger partial charge is 0.480 e. The zero-order chi connectivity index (χ0) is 18.3. The van der Waals surface area contributed by atoms with Crippen molar-refractivity contribution in [1.82, 2.24) is 5.43 Å². The number of terminal acetylenes is 1. The summed E-state index contributed by atoms with van der Waals surface area (Å²) < 4.78 is 5.20. The lowest BCUT2D eigenvalue weighted by molar-refractivity contribution is -0.384. The molecule has 1 saturated heterocycles. The maximum absolute atomic E-state index is 12.0. The van der Waals surface area contributed by atoms with E-state index < -0.39 is 4.92 Å². The summed E-state index contributed by atoms with van der Waals surface area (Å²) in [5, 5.41) is 14.8. The van der Waals surface area contributed by atoms with E-state index in [2.05, 4.69) is 16.4 Å². The molecule has 7 nitrogen and oxygen atoms in total. The molecule has 1 heterocycles. The molecule has 1 fully saturated rings. The topological polar surface area (TPSA) is 93.8 Å². The molecule has 0 spiro atoms. The van der Waals surface area contributed by atoms with Gasteiger partial charge < -0.3 is 4.74 Å². The third-order valence-electron chi connectivity index (χ3n) is 3.29. The van der Waals surface area contributed by atoms with E-state index in [1.807, 2.05) is 6.92 Å². The zero-order valence-electron chi connectivity index (χ0n) is 13.6. The Bertz CT molecular complexity index is 725. The number of rotatable bonds is 7. The SMILES string of the molecule is C#CCOc1ccc([N+](=O)[O-])cc1/C=N\NC(=O)CC1(C)SCCS1. The summed E-state index contributed by atoms with van der Waals surface area (Å²) in [6.45, 7) is 2.06. The third-order valence-corrected chi connectivity index (χ3v) is 6.58. The Morgan fingerprint density at radius 3 is 2.92 bits per heavy atom. The number of carbonyl (C=O) groups excluding carboxylic acids is 1. The number of ether oxygens (including phenoxy) is 1. The molecule has 0 atom stereocenters. The minimum Gasteiger partial charge on any atom is -0.480 e. The molecule has 0 aliphatic carbocycles. The first-order valence-corrected chi connectivity index (χ1v) is 9.35. The second-order valence-corrected chi connectivity index (χ2v) is 8.73. The van der Waals surface area contributed by atoms with Crippen LogP contribution in [0.25, 0.3) is 0 Å². The Morgan fingerprint density at radius 2 is 2.28 bits per heavy atom. The molecular formula is C16H17N3O4S2. The molecule has 1 aromatic rings. The molecule has 2 rings (SSSR count). The Labute approximate surface area is 154 Å². The summed E-state index contributed by atoms with van der Waals surface area (Å²) in [5.41, 5.74) is 2.71. The molecule has 0 unspecified atom stereocenters. The normalized spacial score (nSPS) is 15.7. The molecule has 0 radical (unpaired) electrons. The van der Waals surface area contributed by atoms with Gasteiger partial charge in [0, 0.05) is 29.2 Å². The highest BCUT2D eigenvalue weighted by Gasteiger charge is 2.32. The lowest BCUT2D eigenvalue weighted by atomic mass is 10.2. The second kappa shape index (κ2) is 8.78. The van der Waals surface area contributed by atoms with Crippen LogP contribution in [0.15, 0.2) is 23.3 Å². The predicted molar refractivity (Wildman–Crippen MR) is 101 cm³/mol. The average molecular weight is 379 g/mol. The van der Waals surface area contributed by atoms with Gasteiger partial charge in [0.25, 0.3) is 5.69 Å². The Hall–Kier alpha value is -2.18. The van der Waals surface area contributed by atoms with Crippen LogP contribution >= 0.6 is 23.5 Å². The fourth-order valence-corrected chi connectivity index (χ4v) is 4.99. The number of hydrogen-bond donors (Lipinski definition) is 1. The number of non-ortho nitro benzene ring substituents is 1. The number of nitrogens with zero attached hydrogens (tertiary/aromatic N) is 2. The van der Waals surface area contributed by atoms with E-state index in [-0.39, 0.29) is 22.3 Å². The quantitative estimate of drug-likeness (QED) is 0.339. The molecule has 9 heteroatoms. The van der Waals surface area contributed by atoms with Gasteiger partial charge in [-0.3, -0.25) is 14.9 Å². The Balaban J connectivity index is 2.04. The van der Waals surface area contributed by atoms with Crippen LogP contribution in [0.3, 0.4) is 0 Å². The van der Waals surface area contributed by atoms with Crippen molar-refractivity contribution < 1.29 is 14.5 Å². The molecular weight excluding hydrogens is 362 g/mol. The minimum absolute atomic E-state index is 0.0256. The highest BCUT2D eigenvalue weighted by Crippen LogP contribution is 2.45. The fourth-order valence-electron chi connectivity index (χ4n) is 2.17. The molecule has 132 valence electrons. The van der Waals surface area contributed by atoms with Gasteiger partial charge in [0.1, 0.15) is 12.4 Å². The van der Waals surface area contributed by atoms with E-state index in [0.29, 0.717) is 17.7 Å². The smallest absolute Gasteiger partial charge is 0.270 e. The van der Waals surface area contributed by atoms with Crippen LogP contribution in [-0.4, -0.2) is 39.2 Å². The number of hydrazone groups is 1. The molecule has 1 aromatic carbocycles. The van der Waals surface area contributed by atoms with Crippen LogP contribution in [0.5, 0.6) is 5.75 Å². The van der Waals surface area contributed by atoms with E-state index in [1.54, 1.807) is 23.5 Å². The molecule has 1 N–H and O–H groups in total. The van der Waals surface area contributed by atoms with Crippen molar-refractivity contribution in [3.05, 3.63) is 33.9 Å². The van der Waals surface area contributed by atoms with Gasteiger partial charge in [0.2, 0.25) is 5.91 Å². The van der Waals surface area contributed by atoms with Gasteiger partial charge in [-0.25, -0.2) is 5.43 Å². The first kappa shape index (κ1) is 19.1. The molecule has 1 amide bonds. The molecule has 25 heavy (non-hydrogen) atoms. The maximum atomic E-state index is 12.0. The molecule has 0 saturated carbocycles. The van der Waals surface area contributed by atoms with Crippen molar-refractivity contribution in [2.75, 3.05) is 18.1 Å². The van der Waals surface area contributed by atoms with Crippen LogP contribution in [0.4, 0.5) is 5.69 Å². The van der Waals surface area contributed by atoms with Crippen LogP contribution in [0.1, 0.15) is 18.9 Å². The van der Waals surface area contributed by atoms with Gasteiger partial charge in [-0.1, -0.05) is 5.92 Å². The number of benzene rings is 1. The number of hydrogen-bond acceptors (Lipinski definition) is 7. The Morgan fingerprint density at radius 1 is 1.56 bits per heavy atom. The van der Waals surface area contributed by atoms with Crippen molar-refractivity contribution in [2.45, 2.75) is 17.4 Å². The van der Waals surface area contributed by atoms with Gasteiger partial charge in [0.15, 0.2) is 0 Å². The number of thioether (sulfide) groups is 2. The first-order valence-electron chi connectivity index (χ1n) is 7.38. The first-order chi connectivity index (χ1) is 11.9. The molecule has 0 bridgehead atoms. The summed E-state index contributed by atoms with van der Waals surface area (Å²) in [6.07, 6.45) is 6.81. The van der Waals surface area contributed by atoms with E-state index in [1.165, 1.54) is 24.4 Å². The van der Waals surface area contributed by atoms with Gasteiger partial charge in [-0.05, 0) is 13.0 Å². The van der Waals surface area contributed by atoms with Gasteiger partial charge >= 0.3 is 0 Å². The maximum Gasteiger partial charge on any atom is 0.270 e. The Kier molecular flexibility index (Phi) is 6.73. The van der Waals surface area contributed by atoms with E-state index in [9.17, 15) is 14.9 Å². The van der Waals surface area contributed by atoms with Crippen LogP contribution in [0.2, 0.25) is 0 Å². The van der Waals surface area contributed by atoms with E-state index in [4.69, 9.17) is 11.2 Å². The summed E-state index contributed by atoms with van der Waals surface area (Å²) in [4.78, 5) is 22.4. The number of nitro groups is 1. The van der Waals surface area contributed by atoms with Gasteiger partial charge in [-0.2, -0.15) is 5.10 Å². The summed E-state index contributed by atoms with van der Waals surface area (Å²) in [6, 6.07) is 4.08. The third kappa shape index (κ3) is 5.69. The number of carbonyl (C=O) groups is 1. The second-order valence-electron chi connectivity index (χ2n) is 5.27. The van der Waals surface area contributed by atoms with Crippen molar-refractivity contribution in [3.63, 3.8) is 0 Å². The predicted octanol–water partition coefficient (Wildman–Crippen LogP) is 2.64. The minimum atomic E-state index is -0.518. The lowest BCUT2D eigenvalue weighted by Gasteiger charge is -2.19. The van der Waals surface area contributed by atoms with Crippen molar-refractivity contribution in [3.8, 4) is 18.1 Å². The fraction of sp³-hybridized carbons (Fsp3) is 0.375. The standard InChI is InChI=1S/C16H17N3O4S2/c1-3-6-23-14-5-4-13(19(21)22)9-12(14)11-17-18-15(20)10-16(2)24-7-8-25-16/h1,4-5,9,11H,6-8,10H2,2H3,(H,18,20)/b17-11-. The highest BCUT2D eigenvalue weighted by atomic mass is 32.2. The summed E-state index contributed by atoms with van der Waals surface area (Å²) in [7, 11) is 0. The number of amides is 1. The number of nitro benzene ring substituents is 1. The zero-order valence-corrected chi connectivity index (χ0v) is 15.2. The lowest BCUT2D eigenvalue weighted by Crippen LogP contribution is -2.26. The van der Waals surface area contributed by atoms with Crippen LogP contribution in [-0.2, 0) is 4.79 Å². The monoisotopic (exact) mass is 379 g/mol. The summed E-state index contributed by atoms with van der Waals surface area (Å²) in [5.74, 6) is 4.53. The van der Waals surface area contributed by atoms with Gasteiger partial charge in [-0.15, -0.1) is 29.9 Å². The van der Waals surface area contributed by atoms with E-state index in [0.717, 1.165) is 11.5 Å². The highest BCUT2D eigenvalue weighted by molar-refractivity contribution is 8.21.